The Bertz CT molecular complexity index is 414. The lowest BCUT2D eigenvalue weighted by Gasteiger charge is -2.12. The number of carbonyl (C=O) groups is 1. The third-order valence-electron chi connectivity index (χ3n) is 2.25. The number of ether oxygens (including phenoxy) is 1. The molecule has 0 heterocycles. The van der Waals surface area contributed by atoms with Crippen molar-refractivity contribution in [3.63, 3.8) is 0 Å². The van der Waals surface area contributed by atoms with Gasteiger partial charge < -0.3 is 9.84 Å². The Hall–Kier alpha value is -0.590. The second kappa shape index (κ2) is 6.98. The van der Waals surface area contributed by atoms with E-state index in [0.29, 0.717) is 16.2 Å². The Morgan fingerprint density at radius 2 is 2.12 bits per heavy atom. The molecule has 1 rings (SSSR count). The topological polar surface area (TPSA) is 46.5 Å². The molecule has 0 saturated carbocycles. The first-order valence-corrected chi connectivity index (χ1v) is 6.52. The molecule has 0 aliphatic heterocycles. The summed E-state index contributed by atoms with van der Waals surface area (Å²) in [6.07, 6.45) is -0.524. The van der Waals surface area contributed by atoms with Gasteiger partial charge in [0.2, 0.25) is 0 Å². The van der Waals surface area contributed by atoms with E-state index in [4.69, 9.17) is 11.6 Å². The molecule has 1 N–H and O–H groups in total. The number of benzene rings is 1. The first-order chi connectivity index (χ1) is 8.08. The monoisotopic (exact) mass is 366 g/mol. The highest BCUT2D eigenvalue weighted by atomic mass is 127. The van der Waals surface area contributed by atoms with Crippen molar-refractivity contribution in [3.8, 4) is 0 Å². The summed E-state index contributed by atoms with van der Waals surface area (Å²) in [5.41, 5.74) is 1.16. The van der Waals surface area contributed by atoms with Crippen LogP contribution in [-0.2, 0) is 9.53 Å². The van der Waals surface area contributed by atoms with Crippen LogP contribution in [0.5, 0.6) is 0 Å². The number of hydrogen-bond donors (Lipinski definition) is 1. The van der Waals surface area contributed by atoms with E-state index < -0.39 is 12.1 Å². The van der Waals surface area contributed by atoms with E-state index in [1.165, 1.54) is 7.11 Å². The number of rotatable bonds is 4. The van der Waals surface area contributed by atoms with Gasteiger partial charge in [0.15, 0.2) is 0 Å². The summed E-state index contributed by atoms with van der Waals surface area (Å²) in [5, 5.41) is 10.6. The number of esters is 1. The second-order valence-electron chi connectivity index (χ2n) is 3.40. The highest BCUT2D eigenvalue weighted by Gasteiger charge is 2.15. The number of aliphatic hydroxyl groups is 1. The molecule has 0 amide bonds. The molecule has 1 aromatic carbocycles. The Morgan fingerprint density at radius 1 is 1.53 bits per heavy atom. The molecule has 0 fully saturated rings. The van der Waals surface area contributed by atoms with Crippen molar-refractivity contribution in [1.82, 2.24) is 0 Å². The normalized spacial score (nSPS) is 13.3. The number of carbonyl (C=O) groups excluding carboxylic acids is 1. The molecule has 0 aliphatic rings. The van der Waals surface area contributed by atoms with E-state index in [0.717, 1.165) is 0 Å². The van der Waals surface area contributed by atoms with Crippen molar-refractivity contribution < 1.29 is 14.6 Å². The molecule has 0 bridgehead atoms. The fraction of sp³-hybridized carbons (Fsp3) is 0.250. The summed E-state index contributed by atoms with van der Waals surface area (Å²) in [6, 6.07) is 6.86. The summed E-state index contributed by atoms with van der Waals surface area (Å²) < 4.78 is 6.23. The van der Waals surface area contributed by atoms with Gasteiger partial charge in [0, 0.05) is 17.0 Å². The lowest BCUT2D eigenvalue weighted by molar-refractivity contribution is -0.136. The van der Waals surface area contributed by atoms with E-state index in [2.05, 4.69) is 4.74 Å². The Labute approximate surface area is 119 Å². The highest BCUT2D eigenvalue weighted by molar-refractivity contribution is 14.1. The van der Waals surface area contributed by atoms with Crippen LogP contribution in [0, 0.1) is 0 Å². The molecule has 0 saturated heterocycles. The molecule has 0 aromatic heterocycles. The van der Waals surface area contributed by atoms with E-state index in [-0.39, 0.29) is 6.42 Å². The Kier molecular flexibility index (Phi) is 5.94. The quantitative estimate of drug-likeness (QED) is 0.505. The van der Waals surface area contributed by atoms with E-state index >= 15 is 0 Å². The molecule has 0 aliphatic carbocycles. The van der Waals surface area contributed by atoms with Gasteiger partial charge in [-0.25, -0.2) is 4.79 Å². The van der Waals surface area contributed by atoms with Gasteiger partial charge in [-0.1, -0.05) is 46.3 Å². The molecule has 0 spiro atoms. The van der Waals surface area contributed by atoms with Crippen LogP contribution in [0.4, 0.5) is 0 Å². The molecule has 1 unspecified atom stereocenters. The molecule has 3 nitrogen and oxygen atoms in total. The van der Waals surface area contributed by atoms with Crippen LogP contribution in [0.2, 0.25) is 5.02 Å². The zero-order valence-corrected chi connectivity index (χ0v) is 12.1. The summed E-state index contributed by atoms with van der Waals surface area (Å²) in [7, 11) is 1.32. The van der Waals surface area contributed by atoms with E-state index in [1.54, 1.807) is 28.3 Å². The lowest BCUT2D eigenvalue weighted by atomic mass is 10.0. The third kappa shape index (κ3) is 4.29. The molecule has 92 valence electrons. The van der Waals surface area contributed by atoms with Gasteiger partial charge >= 0.3 is 5.97 Å². The van der Waals surface area contributed by atoms with Crippen LogP contribution < -0.4 is 0 Å². The molecular weight excluding hydrogens is 354 g/mol. The number of hydrogen-bond acceptors (Lipinski definition) is 3. The standard InChI is InChI=1S/C12H12ClIO3/c1-17-12(16)9(7-14)6-11(15)8-2-4-10(13)5-3-8/h2-5,7,11,15H,6H2,1H3/b9-7-. The third-order valence-corrected chi connectivity index (χ3v) is 3.25. The van der Waals surface area contributed by atoms with Gasteiger partial charge in [0.1, 0.15) is 0 Å². The molecule has 0 radical (unpaired) electrons. The maximum absolute atomic E-state index is 11.3. The number of aliphatic hydroxyl groups excluding tert-OH is 1. The van der Waals surface area contributed by atoms with Crippen LogP contribution in [-0.4, -0.2) is 18.2 Å². The van der Waals surface area contributed by atoms with Gasteiger partial charge in [0.25, 0.3) is 0 Å². The predicted octanol–water partition coefficient (Wildman–Crippen LogP) is 3.26. The van der Waals surface area contributed by atoms with E-state index in [9.17, 15) is 9.90 Å². The van der Waals surface area contributed by atoms with Gasteiger partial charge in [-0.15, -0.1) is 0 Å². The van der Waals surface area contributed by atoms with Crippen molar-refractivity contribution in [2.75, 3.05) is 7.11 Å². The largest absolute Gasteiger partial charge is 0.466 e. The SMILES string of the molecule is COC(=O)/C(=C\I)CC(O)c1ccc(Cl)cc1. The zero-order valence-electron chi connectivity index (χ0n) is 9.19. The summed E-state index contributed by atoms with van der Waals surface area (Å²) >= 11 is 7.70. The fourth-order valence-electron chi connectivity index (χ4n) is 1.31. The summed E-state index contributed by atoms with van der Waals surface area (Å²) in [4.78, 5) is 11.3. The minimum absolute atomic E-state index is 0.219. The van der Waals surface area contributed by atoms with Gasteiger partial charge in [-0.2, -0.15) is 0 Å². The molecule has 17 heavy (non-hydrogen) atoms. The highest BCUT2D eigenvalue weighted by Crippen LogP contribution is 2.23. The van der Waals surface area contributed by atoms with Crippen LogP contribution in [0.15, 0.2) is 33.9 Å². The van der Waals surface area contributed by atoms with Crippen LogP contribution in [0.1, 0.15) is 18.1 Å². The lowest BCUT2D eigenvalue weighted by Crippen LogP contribution is -2.08. The Balaban J connectivity index is 2.74. The first-order valence-electron chi connectivity index (χ1n) is 4.89. The molecule has 1 atom stereocenters. The zero-order chi connectivity index (χ0) is 12.8. The predicted molar refractivity (Wildman–Crippen MR) is 75.1 cm³/mol. The molecule has 1 aromatic rings. The van der Waals surface area contributed by atoms with Crippen molar-refractivity contribution in [2.24, 2.45) is 0 Å². The van der Waals surface area contributed by atoms with Crippen molar-refractivity contribution in [1.29, 1.82) is 0 Å². The number of methoxy groups -OCH3 is 1. The van der Waals surface area contributed by atoms with Crippen LogP contribution in [0.3, 0.4) is 0 Å². The average Bonchev–Trinajstić information content (AvgIpc) is 2.35. The fourth-order valence-corrected chi connectivity index (χ4v) is 1.95. The van der Waals surface area contributed by atoms with Crippen molar-refractivity contribution in [3.05, 3.63) is 44.5 Å². The molecular formula is C12H12ClIO3. The van der Waals surface area contributed by atoms with Crippen LogP contribution >= 0.6 is 34.2 Å². The molecule has 5 heteroatoms. The Morgan fingerprint density at radius 3 is 2.59 bits per heavy atom. The smallest absolute Gasteiger partial charge is 0.334 e. The minimum atomic E-state index is -0.743. The first kappa shape index (κ1) is 14.5. The van der Waals surface area contributed by atoms with E-state index in [1.807, 2.05) is 22.6 Å². The average molecular weight is 367 g/mol. The summed E-state index contributed by atoms with van der Waals surface area (Å²) in [5.74, 6) is -0.424. The maximum atomic E-state index is 11.3. The van der Waals surface area contributed by atoms with Gasteiger partial charge in [-0.05, 0) is 21.8 Å². The van der Waals surface area contributed by atoms with Gasteiger partial charge in [-0.3, -0.25) is 0 Å². The van der Waals surface area contributed by atoms with Crippen LogP contribution in [0.25, 0.3) is 0 Å². The second-order valence-corrected chi connectivity index (χ2v) is 4.46. The minimum Gasteiger partial charge on any atom is -0.466 e. The number of halogens is 2. The van der Waals surface area contributed by atoms with Crippen molar-refractivity contribution >= 4 is 40.2 Å². The van der Waals surface area contributed by atoms with Gasteiger partial charge in [0.05, 0.1) is 13.2 Å². The van der Waals surface area contributed by atoms with Crippen molar-refractivity contribution in [2.45, 2.75) is 12.5 Å². The maximum Gasteiger partial charge on any atom is 0.334 e. The summed E-state index contributed by atoms with van der Waals surface area (Å²) in [6.45, 7) is 0.